The quantitative estimate of drug-likeness (QED) is 0.598. The van der Waals surface area contributed by atoms with Gasteiger partial charge in [0.25, 0.3) is 5.91 Å². The number of carbonyl (C=O) groups is 1. The van der Waals surface area contributed by atoms with Gasteiger partial charge in [-0.3, -0.25) is 4.79 Å². The van der Waals surface area contributed by atoms with Gasteiger partial charge in [-0.2, -0.15) is 5.26 Å². The number of halogens is 1. The topological polar surface area (TPSA) is 85.2 Å². The van der Waals surface area contributed by atoms with E-state index in [0.717, 1.165) is 0 Å². The predicted molar refractivity (Wildman–Crippen MR) is 80.5 cm³/mol. The van der Waals surface area contributed by atoms with E-state index in [1.807, 2.05) is 0 Å². The summed E-state index contributed by atoms with van der Waals surface area (Å²) in [7, 11) is 0. The van der Waals surface area contributed by atoms with Gasteiger partial charge in [0.1, 0.15) is 23.2 Å². The third kappa shape index (κ3) is 4.08. The molecule has 0 atom stereocenters. The van der Waals surface area contributed by atoms with Crippen molar-refractivity contribution in [1.82, 2.24) is 0 Å². The number of nitriles is 1. The normalized spacial score (nSPS) is 10.6. The molecule has 2 aromatic carbocycles. The van der Waals surface area contributed by atoms with Gasteiger partial charge in [-0.15, -0.1) is 0 Å². The molecule has 0 unspecified atom stereocenters. The molecule has 0 saturated carbocycles. The van der Waals surface area contributed by atoms with E-state index in [1.165, 1.54) is 36.5 Å². The van der Waals surface area contributed by atoms with Gasteiger partial charge in [-0.25, -0.2) is 4.39 Å². The molecule has 22 heavy (non-hydrogen) atoms. The maximum atomic E-state index is 13.0. The summed E-state index contributed by atoms with van der Waals surface area (Å²) in [5.74, 6) is -1.07. The minimum atomic E-state index is -0.642. The lowest BCUT2D eigenvalue weighted by molar-refractivity contribution is -0.112. The summed E-state index contributed by atoms with van der Waals surface area (Å²) >= 11 is 0. The molecule has 0 aromatic heterocycles. The molecule has 0 fully saturated rings. The van der Waals surface area contributed by atoms with Crippen LogP contribution in [-0.2, 0) is 4.79 Å². The smallest absolute Gasteiger partial charge is 0.267 e. The number of carbonyl (C=O) groups excluding carboxylic acids is 1. The predicted octanol–water partition coefficient (Wildman–Crippen LogP) is 2.99. The summed E-state index contributed by atoms with van der Waals surface area (Å²) in [4.78, 5) is 11.9. The minimum Gasteiger partial charge on any atom is -0.508 e. The Balaban J connectivity index is 2.09. The summed E-state index contributed by atoms with van der Waals surface area (Å²) in [6, 6.07) is 13.3. The van der Waals surface area contributed by atoms with Crippen molar-refractivity contribution in [3.05, 3.63) is 66.1 Å². The zero-order valence-electron chi connectivity index (χ0n) is 11.4. The molecule has 6 heteroatoms. The second-order valence-electron chi connectivity index (χ2n) is 4.33. The summed E-state index contributed by atoms with van der Waals surface area (Å²) in [6.45, 7) is 0. The summed E-state index contributed by atoms with van der Waals surface area (Å²) in [5, 5.41) is 23.5. The largest absolute Gasteiger partial charge is 0.508 e. The maximum Gasteiger partial charge on any atom is 0.267 e. The molecule has 0 bridgehead atoms. The van der Waals surface area contributed by atoms with Crippen molar-refractivity contribution in [2.75, 3.05) is 10.6 Å². The van der Waals surface area contributed by atoms with Crippen LogP contribution in [0.25, 0.3) is 0 Å². The monoisotopic (exact) mass is 297 g/mol. The van der Waals surface area contributed by atoms with Crippen LogP contribution in [0.3, 0.4) is 0 Å². The Labute approximate surface area is 126 Å². The van der Waals surface area contributed by atoms with E-state index in [4.69, 9.17) is 5.26 Å². The second kappa shape index (κ2) is 6.90. The van der Waals surface area contributed by atoms with Crippen LogP contribution in [0.1, 0.15) is 0 Å². The fourth-order valence-corrected chi connectivity index (χ4v) is 1.66. The molecule has 0 aliphatic rings. The second-order valence-corrected chi connectivity index (χ2v) is 4.33. The molecule has 110 valence electrons. The molecule has 2 rings (SSSR count). The van der Waals surface area contributed by atoms with E-state index in [9.17, 15) is 14.3 Å². The summed E-state index contributed by atoms with van der Waals surface area (Å²) in [5.41, 5.74) is 0.586. The zero-order chi connectivity index (χ0) is 15.9. The first-order valence-electron chi connectivity index (χ1n) is 6.31. The van der Waals surface area contributed by atoms with Crippen molar-refractivity contribution in [2.24, 2.45) is 0 Å². The highest BCUT2D eigenvalue weighted by atomic mass is 19.1. The van der Waals surface area contributed by atoms with Crippen LogP contribution in [-0.4, -0.2) is 11.0 Å². The van der Waals surface area contributed by atoms with E-state index in [1.54, 1.807) is 24.3 Å². The van der Waals surface area contributed by atoms with E-state index < -0.39 is 11.7 Å². The lowest BCUT2D eigenvalue weighted by atomic mass is 10.2. The number of phenols is 1. The van der Waals surface area contributed by atoms with Crippen molar-refractivity contribution in [3.63, 3.8) is 0 Å². The van der Waals surface area contributed by atoms with Gasteiger partial charge in [-0.1, -0.05) is 12.1 Å². The first-order valence-corrected chi connectivity index (χ1v) is 6.31. The molecule has 0 saturated heterocycles. The fraction of sp³-hybridized carbons (Fsp3) is 0. The number of nitrogens with one attached hydrogen (secondary N) is 2. The third-order valence-corrected chi connectivity index (χ3v) is 2.68. The molecule has 0 heterocycles. The number of nitrogens with zero attached hydrogens (tertiary/aromatic N) is 1. The van der Waals surface area contributed by atoms with Gasteiger partial charge < -0.3 is 15.7 Å². The third-order valence-electron chi connectivity index (χ3n) is 2.68. The van der Waals surface area contributed by atoms with Crippen LogP contribution < -0.4 is 10.6 Å². The average molecular weight is 297 g/mol. The van der Waals surface area contributed by atoms with Crippen LogP contribution in [0, 0.1) is 17.1 Å². The number of aromatic hydroxyl groups is 1. The molecular formula is C16H12FN3O2. The standard InChI is InChI=1S/C16H12FN3O2/c17-12-3-1-4-13(7-12)19-10-11(9-18)16(22)20-14-5-2-6-15(21)8-14/h1-8,10,19,21H,(H,20,22)/b11-10-. The highest BCUT2D eigenvalue weighted by molar-refractivity contribution is 6.06. The molecule has 3 N–H and O–H groups in total. The summed E-state index contributed by atoms with van der Waals surface area (Å²) in [6.07, 6.45) is 1.19. The SMILES string of the molecule is N#C/C(=C/Nc1cccc(F)c1)C(=O)Nc1cccc(O)c1. The number of rotatable bonds is 4. The number of phenolic OH excluding ortho intramolecular Hbond substituents is 1. The van der Waals surface area contributed by atoms with Crippen molar-refractivity contribution in [1.29, 1.82) is 5.26 Å². The van der Waals surface area contributed by atoms with Gasteiger partial charge in [-0.05, 0) is 30.3 Å². The molecular weight excluding hydrogens is 285 g/mol. The van der Waals surface area contributed by atoms with E-state index >= 15 is 0 Å². The molecule has 0 aliphatic heterocycles. The average Bonchev–Trinajstić information content (AvgIpc) is 2.48. The van der Waals surface area contributed by atoms with E-state index in [0.29, 0.717) is 11.4 Å². The minimum absolute atomic E-state index is 0.00169. The first kappa shape index (κ1) is 15.1. The number of benzene rings is 2. The van der Waals surface area contributed by atoms with Crippen LogP contribution >= 0.6 is 0 Å². The van der Waals surface area contributed by atoms with E-state index in [2.05, 4.69) is 10.6 Å². The maximum absolute atomic E-state index is 13.0. The van der Waals surface area contributed by atoms with E-state index in [-0.39, 0.29) is 11.3 Å². The molecule has 0 spiro atoms. The lowest BCUT2D eigenvalue weighted by Gasteiger charge is -2.05. The molecule has 0 radical (unpaired) electrons. The Morgan fingerprint density at radius 3 is 2.59 bits per heavy atom. The Morgan fingerprint density at radius 2 is 1.91 bits per heavy atom. The highest BCUT2D eigenvalue weighted by Gasteiger charge is 2.09. The number of anilines is 2. The van der Waals surface area contributed by atoms with Crippen LogP contribution in [0.15, 0.2) is 60.3 Å². The van der Waals surface area contributed by atoms with Gasteiger partial charge in [0.15, 0.2) is 0 Å². The Morgan fingerprint density at radius 1 is 1.18 bits per heavy atom. The van der Waals surface area contributed by atoms with Gasteiger partial charge in [0.05, 0.1) is 0 Å². The lowest BCUT2D eigenvalue weighted by Crippen LogP contribution is -2.14. The highest BCUT2D eigenvalue weighted by Crippen LogP contribution is 2.16. The molecule has 1 amide bonds. The van der Waals surface area contributed by atoms with Crippen molar-refractivity contribution in [3.8, 4) is 11.8 Å². The summed E-state index contributed by atoms with van der Waals surface area (Å²) < 4.78 is 13.0. The number of hydrogen-bond donors (Lipinski definition) is 3. The number of hydrogen-bond acceptors (Lipinski definition) is 4. The van der Waals surface area contributed by atoms with Gasteiger partial charge in [0, 0.05) is 23.6 Å². The number of amides is 1. The van der Waals surface area contributed by atoms with Gasteiger partial charge in [0.2, 0.25) is 0 Å². The Kier molecular flexibility index (Phi) is 4.73. The fourth-order valence-electron chi connectivity index (χ4n) is 1.66. The molecule has 2 aromatic rings. The molecule has 5 nitrogen and oxygen atoms in total. The Hall–Kier alpha value is -3.33. The first-order chi connectivity index (χ1) is 10.6. The zero-order valence-corrected chi connectivity index (χ0v) is 11.4. The van der Waals surface area contributed by atoms with Crippen molar-refractivity contribution < 1.29 is 14.3 Å². The van der Waals surface area contributed by atoms with Gasteiger partial charge >= 0.3 is 0 Å². The molecule has 0 aliphatic carbocycles. The van der Waals surface area contributed by atoms with Crippen LogP contribution in [0.4, 0.5) is 15.8 Å². The Bertz CT molecular complexity index is 766. The van der Waals surface area contributed by atoms with Crippen molar-refractivity contribution in [2.45, 2.75) is 0 Å². The van der Waals surface area contributed by atoms with Crippen molar-refractivity contribution >= 4 is 17.3 Å². The van der Waals surface area contributed by atoms with Crippen LogP contribution in [0.5, 0.6) is 5.75 Å². The van der Waals surface area contributed by atoms with Crippen LogP contribution in [0.2, 0.25) is 0 Å².